The Bertz CT molecular complexity index is 1020. The lowest BCUT2D eigenvalue weighted by Gasteiger charge is -2.32. The van der Waals surface area contributed by atoms with Gasteiger partial charge in [0.05, 0.1) is 6.26 Å². The van der Waals surface area contributed by atoms with Crippen LogP contribution in [0.25, 0.3) is 0 Å². The quantitative estimate of drug-likeness (QED) is 0.651. The summed E-state index contributed by atoms with van der Waals surface area (Å²) in [6, 6.07) is 19.0. The summed E-state index contributed by atoms with van der Waals surface area (Å²) in [5.41, 5.74) is 2.56. The Labute approximate surface area is 181 Å². The smallest absolute Gasteiger partial charge is 0.287 e. The van der Waals surface area contributed by atoms with Crippen LogP contribution in [0.5, 0.6) is 5.75 Å². The Hall–Kier alpha value is -3.54. The molecule has 1 aromatic heterocycles. The van der Waals surface area contributed by atoms with E-state index in [0.29, 0.717) is 31.0 Å². The second kappa shape index (κ2) is 9.51. The number of aryl methyl sites for hydroxylation is 1. The molecular formula is C25H26N2O4. The van der Waals surface area contributed by atoms with Crippen molar-refractivity contribution >= 4 is 11.8 Å². The molecule has 2 amide bonds. The highest BCUT2D eigenvalue weighted by Gasteiger charge is 2.26. The van der Waals surface area contributed by atoms with E-state index in [-0.39, 0.29) is 17.9 Å². The number of carbonyl (C=O) groups is 2. The molecule has 2 heterocycles. The van der Waals surface area contributed by atoms with Gasteiger partial charge in [0.25, 0.3) is 11.8 Å². The van der Waals surface area contributed by atoms with Gasteiger partial charge in [-0.1, -0.05) is 30.3 Å². The van der Waals surface area contributed by atoms with Crippen LogP contribution in [0.4, 0.5) is 0 Å². The SMILES string of the molecule is Cc1ccoc1C(=O)NC1CCN(C(=O)c2ccc(OCc3ccccc3)cc2)CC1. The summed E-state index contributed by atoms with van der Waals surface area (Å²) < 4.78 is 11.0. The number of carbonyl (C=O) groups excluding carboxylic acids is 2. The number of hydrogen-bond acceptors (Lipinski definition) is 4. The topological polar surface area (TPSA) is 71.8 Å². The average molecular weight is 418 g/mol. The predicted molar refractivity (Wildman–Crippen MR) is 117 cm³/mol. The van der Waals surface area contributed by atoms with Crippen molar-refractivity contribution < 1.29 is 18.7 Å². The van der Waals surface area contributed by atoms with Gasteiger partial charge in [0.15, 0.2) is 5.76 Å². The lowest BCUT2D eigenvalue weighted by Crippen LogP contribution is -2.46. The molecule has 0 aliphatic carbocycles. The number of ether oxygens (including phenoxy) is 1. The van der Waals surface area contributed by atoms with Gasteiger partial charge in [-0.3, -0.25) is 9.59 Å². The number of benzene rings is 2. The Morgan fingerprint density at radius 3 is 2.39 bits per heavy atom. The van der Waals surface area contributed by atoms with Gasteiger partial charge in [-0.05, 0) is 55.7 Å². The molecule has 1 fully saturated rings. The van der Waals surface area contributed by atoms with Gasteiger partial charge in [-0.25, -0.2) is 0 Å². The monoisotopic (exact) mass is 418 g/mol. The van der Waals surface area contributed by atoms with E-state index in [2.05, 4.69) is 5.32 Å². The maximum Gasteiger partial charge on any atom is 0.287 e. The van der Waals surface area contributed by atoms with E-state index < -0.39 is 0 Å². The third kappa shape index (κ3) is 5.15. The van der Waals surface area contributed by atoms with Crippen molar-refractivity contribution in [2.75, 3.05) is 13.1 Å². The van der Waals surface area contributed by atoms with Crippen LogP contribution in [0.2, 0.25) is 0 Å². The van der Waals surface area contributed by atoms with E-state index >= 15 is 0 Å². The summed E-state index contributed by atoms with van der Waals surface area (Å²) >= 11 is 0. The number of nitrogens with one attached hydrogen (secondary N) is 1. The Balaban J connectivity index is 1.26. The van der Waals surface area contributed by atoms with E-state index in [1.54, 1.807) is 18.2 Å². The summed E-state index contributed by atoms with van der Waals surface area (Å²) in [6.45, 7) is 3.54. The predicted octanol–water partition coefficient (Wildman–Crippen LogP) is 4.20. The Morgan fingerprint density at radius 1 is 1.03 bits per heavy atom. The number of nitrogens with zero attached hydrogens (tertiary/aromatic N) is 1. The van der Waals surface area contributed by atoms with E-state index in [9.17, 15) is 9.59 Å². The van der Waals surface area contributed by atoms with Crippen molar-refractivity contribution in [2.24, 2.45) is 0 Å². The van der Waals surface area contributed by atoms with E-state index in [0.717, 1.165) is 29.7 Å². The molecule has 6 heteroatoms. The summed E-state index contributed by atoms with van der Waals surface area (Å²) in [5.74, 6) is 0.891. The number of furan rings is 1. The summed E-state index contributed by atoms with van der Waals surface area (Å²) in [5, 5.41) is 3.01. The Morgan fingerprint density at radius 2 is 1.74 bits per heavy atom. The van der Waals surface area contributed by atoms with Crippen molar-refractivity contribution in [3.63, 3.8) is 0 Å². The standard InChI is InChI=1S/C25H26N2O4/c1-18-13-16-30-23(18)24(28)26-21-11-14-27(15-12-21)25(29)20-7-9-22(10-8-20)31-17-19-5-3-2-4-6-19/h2-10,13,16,21H,11-12,14-15,17H2,1H3,(H,26,28). The van der Waals surface area contributed by atoms with Crippen LogP contribution < -0.4 is 10.1 Å². The highest BCUT2D eigenvalue weighted by Crippen LogP contribution is 2.19. The molecule has 1 saturated heterocycles. The van der Waals surface area contributed by atoms with Crippen molar-refractivity contribution in [1.82, 2.24) is 10.2 Å². The van der Waals surface area contributed by atoms with Gasteiger partial charge in [0, 0.05) is 30.3 Å². The molecule has 160 valence electrons. The molecular weight excluding hydrogens is 392 g/mol. The zero-order valence-corrected chi connectivity index (χ0v) is 17.5. The first-order chi connectivity index (χ1) is 15.1. The van der Waals surface area contributed by atoms with Gasteiger partial charge in [0.1, 0.15) is 12.4 Å². The van der Waals surface area contributed by atoms with Gasteiger partial charge < -0.3 is 19.4 Å². The number of amides is 2. The molecule has 0 radical (unpaired) electrons. The van der Waals surface area contributed by atoms with E-state index in [1.165, 1.54) is 6.26 Å². The first-order valence-electron chi connectivity index (χ1n) is 10.5. The third-order valence-electron chi connectivity index (χ3n) is 5.54. The lowest BCUT2D eigenvalue weighted by molar-refractivity contribution is 0.0695. The molecule has 3 aromatic rings. The van der Waals surface area contributed by atoms with Crippen LogP contribution in [-0.4, -0.2) is 35.8 Å². The van der Waals surface area contributed by atoms with E-state index in [4.69, 9.17) is 9.15 Å². The maximum atomic E-state index is 12.8. The molecule has 0 saturated carbocycles. The molecule has 0 spiro atoms. The third-order valence-corrected chi connectivity index (χ3v) is 5.54. The highest BCUT2D eigenvalue weighted by molar-refractivity contribution is 5.94. The minimum atomic E-state index is -0.196. The van der Waals surface area contributed by atoms with Crippen molar-refractivity contribution in [3.8, 4) is 5.75 Å². The molecule has 0 unspecified atom stereocenters. The molecule has 1 aliphatic heterocycles. The molecule has 1 N–H and O–H groups in total. The molecule has 1 aliphatic rings. The fourth-order valence-corrected chi connectivity index (χ4v) is 3.70. The maximum absolute atomic E-state index is 12.8. The van der Waals surface area contributed by atoms with Gasteiger partial charge in [-0.15, -0.1) is 0 Å². The normalized spacial score (nSPS) is 14.3. The second-order valence-electron chi connectivity index (χ2n) is 7.77. The van der Waals surface area contributed by atoms with Crippen LogP contribution >= 0.6 is 0 Å². The Kier molecular flexibility index (Phi) is 6.36. The van der Waals surface area contributed by atoms with Crippen LogP contribution in [0.3, 0.4) is 0 Å². The fourth-order valence-electron chi connectivity index (χ4n) is 3.70. The van der Waals surface area contributed by atoms with Crippen LogP contribution in [-0.2, 0) is 6.61 Å². The largest absolute Gasteiger partial charge is 0.489 e. The van der Waals surface area contributed by atoms with Crippen molar-refractivity contribution in [1.29, 1.82) is 0 Å². The summed E-state index contributed by atoms with van der Waals surface area (Å²) in [6.07, 6.45) is 2.95. The molecule has 31 heavy (non-hydrogen) atoms. The summed E-state index contributed by atoms with van der Waals surface area (Å²) in [7, 11) is 0. The van der Waals surface area contributed by atoms with Gasteiger partial charge >= 0.3 is 0 Å². The summed E-state index contributed by atoms with van der Waals surface area (Å²) in [4.78, 5) is 27.0. The van der Waals surface area contributed by atoms with Gasteiger partial charge in [0.2, 0.25) is 0 Å². The number of hydrogen-bond donors (Lipinski definition) is 1. The van der Waals surface area contributed by atoms with Crippen LogP contribution in [0, 0.1) is 6.92 Å². The second-order valence-corrected chi connectivity index (χ2v) is 7.77. The van der Waals surface area contributed by atoms with Crippen molar-refractivity contribution in [3.05, 3.63) is 89.4 Å². The zero-order chi connectivity index (χ0) is 21.6. The van der Waals surface area contributed by atoms with E-state index in [1.807, 2.05) is 54.3 Å². The minimum Gasteiger partial charge on any atom is -0.489 e. The number of likely N-dealkylation sites (tertiary alicyclic amines) is 1. The molecule has 2 aromatic carbocycles. The molecule has 0 bridgehead atoms. The molecule has 6 nitrogen and oxygen atoms in total. The number of piperidine rings is 1. The van der Waals surface area contributed by atoms with Crippen molar-refractivity contribution in [2.45, 2.75) is 32.4 Å². The fraction of sp³-hybridized carbons (Fsp3) is 0.280. The minimum absolute atomic E-state index is 0.00117. The first-order valence-corrected chi connectivity index (χ1v) is 10.5. The van der Waals surface area contributed by atoms with Crippen LogP contribution in [0.15, 0.2) is 71.3 Å². The lowest BCUT2D eigenvalue weighted by atomic mass is 10.0. The average Bonchev–Trinajstić information content (AvgIpc) is 3.25. The van der Waals surface area contributed by atoms with Gasteiger partial charge in [-0.2, -0.15) is 0 Å². The first kappa shape index (κ1) is 20.7. The molecule has 0 atom stereocenters. The zero-order valence-electron chi connectivity index (χ0n) is 17.5. The molecule has 4 rings (SSSR count). The number of rotatable bonds is 6. The highest BCUT2D eigenvalue weighted by atomic mass is 16.5. The van der Waals surface area contributed by atoms with Crippen LogP contribution in [0.1, 0.15) is 44.9 Å².